The molecule has 1 unspecified atom stereocenters. The first kappa shape index (κ1) is 29.6. The Morgan fingerprint density at radius 1 is 0.829 bits per heavy atom. The summed E-state index contributed by atoms with van der Waals surface area (Å²) in [5, 5.41) is 10.5. The van der Waals surface area contributed by atoms with E-state index in [4.69, 9.17) is 0 Å². The van der Waals surface area contributed by atoms with Crippen LogP contribution in [-0.4, -0.2) is 45.1 Å². The lowest BCUT2D eigenvalue weighted by atomic mass is 9.98. The number of carboxylic acid groups (broad SMARTS) is 1. The number of hydrazine groups is 1. The molecule has 2 N–H and O–H groups in total. The fraction of sp³-hybridized carbons (Fsp3) is 0.138. The van der Waals surface area contributed by atoms with Gasteiger partial charge in [-0.1, -0.05) is 36.4 Å². The second-order valence-electron chi connectivity index (χ2n) is 9.09. The fourth-order valence-electron chi connectivity index (χ4n) is 4.18. The fourth-order valence-corrected chi connectivity index (χ4v) is 7.02. The minimum Gasteiger partial charge on any atom is -0.481 e. The molecule has 0 aliphatic rings. The van der Waals surface area contributed by atoms with Crippen LogP contribution in [0.3, 0.4) is 0 Å². The summed E-state index contributed by atoms with van der Waals surface area (Å²) >= 11 is 0. The number of hydrogen-bond acceptors (Lipinski definition) is 8. The van der Waals surface area contributed by atoms with Crippen LogP contribution in [0.5, 0.6) is 0 Å². The van der Waals surface area contributed by atoms with Crippen LogP contribution in [0.1, 0.15) is 23.6 Å². The SMILES string of the molecule is O=CN(NCc1ccccn1)c1ccc(S(=O)(=O)c2ccc(S(=O)(=O)CC(CC(=O)O)c3ccccc3)cc2)cc1. The zero-order valence-electron chi connectivity index (χ0n) is 21.7. The number of nitrogens with zero attached hydrogens (tertiary/aromatic N) is 2. The third kappa shape index (κ3) is 7.42. The first-order chi connectivity index (χ1) is 19.6. The minimum absolute atomic E-state index is 0.0435. The van der Waals surface area contributed by atoms with Gasteiger partial charge in [-0.25, -0.2) is 27.3 Å². The Morgan fingerprint density at radius 3 is 1.98 bits per heavy atom. The molecule has 0 fully saturated rings. The lowest BCUT2D eigenvalue weighted by Gasteiger charge is -2.18. The number of benzene rings is 3. The summed E-state index contributed by atoms with van der Waals surface area (Å²) in [6, 6.07) is 24.4. The Labute approximate surface area is 238 Å². The van der Waals surface area contributed by atoms with Gasteiger partial charge in [0.05, 0.1) is 44.8 Å². The second kappa shape index (κ2) is 12.9. The van der Waals surface area contributed by atoms with E-state index in [2.05, 4.69) is 10.4 Å². The summed E-state index contributed by atoms with van der Waals surface area (Å²) in [6.07, 6.45) is 1.82. The maximum atomic E-state index is 13.2. The molecule has 0 aliphatic heterocycles. The maximum Gasteiger partial charge on any atom is 0.303 e. The molecule has 1 aromatic heterocycles. The van der Waals surface area contributed by atoms with Crippen molar-refractivity contribution >= 4 is 37.7 Å². The summed E-state index contributed by atoms with van der Waals surface area (Å²) in [5.41, 5.74) is 4.61. The van der Waals surface area contributed by atoms with Gasteiger partial charge < -0.3 is 5.11 Å². The summed E-state index contributed by atoms with van der Waals surface area (Å²) in [5.74, 6) is -2.34. The third-order valence-electron chi connectivity index (χ3n) is 6.29. The number of amides is 1. The number of pyridine rings is 1. The summed E-state index contributed by atoms with van der Waals surface area (Å²) in [6.45, 7) is 0.275. The highest BCUT2D eigenvalue weighted by Gasteiger charge is 2.26. The molecule has 3 aromatic carbocycles. The highest BCUT2D eigenvalue weighted by molar-refractivity contribution is 7.92. The van der Waals surface area contributed by atoms with E-state index in [0.717, 1.165) is 0 Å². The quantitative estimate of drug-likeness (QED) is 0.175. The van der Waals surface area contributed by atoms with Crippen molar-refractivity contribution in [2.75, 3.05) is 10.8 Å². The van der Waals surface area contributed by atoms with Gasteiger partial charge in [0.15, 0.2) is 9.84 Å². The van der Waals surface area contributed by atoms with Crippen molar-refractivity contribution in [3.8, 4) is 0 Å². The van der Waals surface area contributed by atoms with Crippen molar-refractivity contribution in [2.24, 2.45) is 0 Å². The van der Waals surface area contributed by atoms with Crippen molar-refractivity contribution in [2.45, 2.75) is 33.6 Å². The Balaban J connectivity index is 1.49. The van der Waals surface area contributed by atoms with E-state index in [-0.39, 0.29) is 27.7 Å². The molecule has 4 aromatic rings. The smallest absolute Gasteiger partial charge is 0.303 e. The zero-order valence-corrected chi connectivity index (χ0v) is 23.3. The number of carboxylic acids is 1. The van der Waals surface area contributed by atoms with Gasteiger partial charge in [0.2, 0.25) is 16.2 Å². The lowest BCUT2D eigenvalue weighted by Crippen LogP contribution is -2.36. The predicted molar refractivity (Wildman–Crippen MR) is 151 cm³/mol. The molecule has 10 nitrogen and oxygen atoms in total. The molecule has 0 aliphatic carbocycles. The van der Waals surface area contributed by atoms with Gasteiger partial charge >= 0.3 is 5.97 Å². The van der Waals surface area contributed by atoms with Gasteiger partial charge in [0, 0.05) is 12.1 Å². The van der Waals surface area contributed by atoms with Gasteiger partial charge in [-0.15, -0.1) is 0 Å². The van der Waals surface area contributed by atoms with Crippen LogP contribution in [0, 0.1) is 0 Å². The van der Waals surface area contributed by atoms with Crippen LogP contribution in [-0.2, 0) is 35.8 Å². The Hall–Kier alpha value is -4.39. The summed E-state index contributed by atoms with van der Waals surface area (Å²) in [7, 11) is -7.93. The van der Waals surface area contributed by atoms with Crippen molar-refractivity contribution in [3.63, 3.8) is 0 Å². The molecule has 0 saturated heterocycles. The molecule has 0 spiro atoms. The molecule has 1 heterocycles. The van der Waals surface area contributed by atoms with Crippen molar-refractivity contribution in [1.29, 1.82) is 0 Å². The standard InChI is InChI=1S/C29H27N3O7S2/c33-21-32(31-19-24-8-4-5-17-30-24)25-9-11-27(12-10-25)41(38,39)28-15-13-26(14-16-28)40(36,37)20-23(18-29(34)35)22-6-2-1-3-7-22/h1-17,21,23,31H,18-20H2,(H,34,35). The molecule has 12 heteroatoms. The van der Waals surface area contributed by atoms with Gasteiger partial charge in [-0.3, -0.25) is 14.6 Å². The van der Waals surface area contributed by atoms with Crippen LogP contribution in [0.4, 0.5) is 5.69 Å². The highest BCUT2D eigenvalue weighted by atomic mass is 32.2. The van der Waals surface area contributed by atoms with E-state index in [0.29, 0.717) is 23.4 Å². The van der Waals surface area contributed by atoms with E-state index in [9.17, 15) is 31.5 Å². The predicted octanol–water partition coefficient (Wildman–Crippen LogP) is 3.61. The van der Waals surface area contributed by atoms with Gasteiger partial charge in [-0.2, -0.15) is 0 Å². The lowest BCUT2D eigenvalue weighted by molar-refractivity contribution is -0.137. The zero-order chi connectivity index (χ0) is 29.5. The van der Waals surface area contributed by atoms with E-state index in [1.165, 1.54) is 53.5 Å². The Morgan fingerprint density at radius 2 is 1.41 bits per heavy atom. The maximum absolute atomic E-state index is 13.2. The van der Waals surface area contributed by atoms with Crippen molar-refractivity contribution in [3.05, 3.63) is 115 Å². The molecule has 0 radical (unpaired) electrons. The van der Waals surface area contributed by atoms with Crippen molar-refractivity contribution < 1.29 is 31.5 Å². The average Bonchev–Trinajstić information content (AvgIpc) is 2.98. The Kier molecular flexibility index (Phi) is 9.28. The molecule has 212 valence electrons. The number of anilines is 1. The average molecular weight is 594 g/mol. The monoisotopic (exact) mass is 593 g/mol. The minimum atomic E-state index is -4.00. The first-order valence-electron chi connectivity index (χ1n) is 12.4. The van der Waals surface area contributed by atoms with Crippen LogP contribution in [0.2, 0.25) is 0 Å². The normalized spacial score (nSPS) is 12.4. The third-order valence-corrected chi connectivity index (χ3v) is 9.91. The van der Waals surface area contributed by atoms with Gasteiger partial charge in [0.25, 0.3) is 0 Å². The number of carbonyl (C=O) groups excluding carboxylic acids is 1. The van der Waals surface area contributed by atoms with Crippen LogP contribution >= 0.6 is 0 Å². The van der Waals surface area contributed by atoms with Crippen LogP contribution in [0.25, 0.3) is 0 Å². The van der Waals surface area contributed by atoms with E-state index in [1.807, 2.05) is 6.07 Å². The van der Waals surface area contributed by atoms with Gasteiger partial charge in [-0.05, 0) is 66.2 Å². The molecule has 4 rings (SSSR count). The molecule has 0 bridgehead atoms. The topological polar surface area (TPSA) is 151 Å². The van der Waals surface area contributed by atoms with Crippen LogP contribution in [0.15, 0.2) is 118 Å². The molecule has 1 atom stereocenters. The van der Waals surface area contributed by atoms with E-state index in [1.54, 1.807) is 48.7 Å². The molecule has 1 amide bonds. The molecule has 41 heavy (non-hydrogen) atoms. The van der Waals surface area contributed by atoms with Crippen LogP contribution < -0.4 is 10.4 Å². The second-order valence-corrected chi connectivity index (χ2v) is 13.1. The molecule has 0 saturated carbocycles. The summed E-state index contributed by atoms with van der Waals surface area (Å²) < 4.78 is 52.7. The van der Waals surface area contributed by atoms with Gasteiger partial charge in [0.1, 0.15) is 0 Å². The Bertz CT molecular complexity index is 1700. The number of rotatable bonds is 13. The first-order valence-corrected chi connectivity index (χ1v) is 15.6. The number of nitrogens with one attached hydrogen (secondary N) is 1. The number of aromatic nitrogens is 1. The largest absolute Gasteiger partial charge is 0.481 e. The van der Waals surface area contributed by atoms with Crippen molar-refractivity contribution in [1.82, 2.24) is 10.4 Å². The number of hydrogen-bond donors (Lipinski definition) is 2. The number of aliphatic carboxylic acids is 1. The number of carbonyl (C=O) groups is 2. The van der Waals surface area contributed by atoms with E-state index >= 15 is 0 Å². The molecular weight excluding hydrogens is 566 g/mol. The number of sulfone groups is 2. The molecular formula is C29H27N3O7S2. The summed E-state index contributed by atoms with van der Waals surface area (Å²) in [4.78, 5) is 26.9. The van der Waals surface area contributed by atoms with E-state index < -0.39 is 37.3 Å². The highest BCUT2D eigenvalue weighted by Crippen LogP contribution is 2.28.